The number of urea groups is 1. The van der Waals surface area contributed by atoms with Gasteiger partial charge in [-0.05, 0) is 48.9 Å². The van der Waals surface area contributed by atoms with E-state index < -0.39 is 0 Å². The number of carbonyl (C=O) groups excluding carboxylic acids is 1. The van der Waals surface area contributed by atoms with Crippen molar-refractivity contribution in [3.05, 3.63) is 23.8 Å². The second-order valence-electron chi connectivity index (χ2n) is 7.65. The minimum absolute atomic E-state index is 0.165. The molecule has 154 valence electrons. The van der Waals surface area contributed by atoms with Crippen molar-refractivity contribution in [2.24, 2.45) is 11.8 Å². The van der Waals surface area contributed by atoms with E-state index in [9.17, 15) is 4.79 Å². The first kappa shape index (κ1) is 21.9. The molecule has 1 aromatic carbocycles. The highest BCUT2D eigenvalue weighted by Gasteiger charge is 2.21. The van der Waals surface area contributed by atoms with Crippen LogP contribution < -0.4 is 20.1 Å². The van der Waals surface area contributed by atoms with E-state index in [1.54, 1.807) is 13.2 Å². The Morgan fingerprint density at radius 3 is 2.68 bits per heavy atom. The maximum Gasteiger partial charge on any atom is 0.315 e. The summed E-state index contributed by atoms with van der Waals surface area (Å²) in [4.78, 5) is 14.5. The van der Waals surface area contributed by atoms with Crippen LogP contribution in [0.25, 0.3) is 0 Å². The molecule has 0 aliphatic carbocycles. The molecule has 0 aromatic heterocycles. The van der Waals surface area contributed by atoms with Crippen molar-refractivity contribution in [3.63, 3.8) is 0 Å². The molecule has 2 unspecified atom stereocenters. The maximum absolute atomic E-state index is 12.0. The van der Waals surface area contributed by atoms with Crippen LogP contribution in [0.3, 0.4) is 0 Å². The van der Waals surface area contributed by atoms with Crippen molar-refractivity contribution >= 4 is 6.03 Å². The van der Waals surface area contributed by atoms with Gasteiger partial charge in [-0.1, -0.05) is 25.8 Å². The highest BCUT2D eigenvalue weighted by molar-refractivity contribution is 5.73. The Bertz CT molecular complexity index is 661. The second kappa shape index (κ2) is 11.5. The van der Waals surface area contributed by atoms with Crippen LogP contribution in [0.5, 0.6) is 11.5 Å². The molecule has 0 spiro atoms. The van der Waals surface area contributed by atoms with Gasteiger partial charge in [0.25, 0.3) is 0 Å². The quantitative estimate of drug-likeness (QED) is 0.505. The minimum Gasteiger partial charge on any atom is -0.493 e. The number of benzene rings is 1. The lowest BCUT2D eigenvalue weighted by molar-refractivity contribution is 0.139. The number of likely N-dealkylation sites (tertiary alicyclic amines) is 1. The molecule has 1 fully saturated rings. The fourth-order valence-corrected chi connectivity index (χ4v) is 3.79. The van der Waals surface area contributed by atoms with Crippen LogP contribution in [0.15, 0.2) is 18.2 Å². The van der Waals surface area contributed by atoms with Crippen LogP contribution in [0.4, 0.5) is 4.79 Å². The average molecular weight is 388 g/mol. The summed E-state index contributed by atoms with van der Waals surface area (Å²) in [5.41, 5.74) is 0.916. The summed E-state index contributed by atoms with van der Waals surface area (Å²) in [6, 6.07) is 5.36. The number of rotatable bonds is 9. The van der Waals surface area contributed by atoms with Gasteiger partial charge in [0.1, 0.15) is 6.61 Å². The summed E-state index contributed by atoms with van der Waals surface area (Å²) >= 11 is 0. The molecule has 2 atom stereocenters. The van der Waals surface area contributed by atoms with Gasteiger partial charge in [-0.3, -0.25) is 0 Å². The molecule has 2 N–H and O–H groups in total. The van der Waals surface area contributed by atoms with Gasteiger partial charge in [0, 0.05) is 26.2 Å². The summed E-state index contributed by atoms with van der Waals surface area (Å²) in [7, 11) is 1.58. The van der Waals surface area contributed by atoms with Crippen LogP contribution in [0, 0.1) is 24.2 Å². The number of methoxy groups -OCH3 is 1. The monoisotopic (exact) mass is 387 g/mol. The Hall–Kier alpha value is -2.39. The molecule has 6 heteroatoms. The summed E-state index contributed by atoms with van der Waals surface area (Å²) < 4.78 is 10.7. The van der Waals surface area contributed by atoms with Gasteiger partial charge in [0.15, 0.2) is 11.5 Å². The number of hydrogen-bond acceptors (Lipinski definition) is 4. The average Bonchev–Trinajstić information content (AvgIpc) is 2.67. The molecule has 1 aromatic rings. The van der Waals surface area contributed by atoms with Crippen LogP contribution in [0.2, 0.25) is 0 Å². The van der Waals surface area contributed by atoms with Crippen molar-refractivity contribution < 1.29 is 14.3 Å². The zero-order valence-electron chi connectivity index (χ0n) is 17.3. The molecule has 1 heterocycles. The van der Waals surface area contributed by atoms with Gasteiger partial charge in [-0.2, -0.15) is 0 Å². The lowest BCUT2D eigenvalue weighted by Crippen LogP contribution is -2.41. The first-order chi connectivity index (χ1) is 13.5. The fraction of sp³-hybridized carbons (Fsp3) is 0.591. The Kier molecular flexibility index (Phi) is 8.96. The molecule has 0 bridgehead atoms. The number of nitrogens with zero attached hydrogens (tertiary/aromatic N) is 1. The van der Waals surface area contributed by atoms with Crippen LogP contribution in [-0.2, 0) is 6.54 Å². The fourth-order valence-electron chi connectivity index (χ4n) is 3.79. The number of carbonyl (C=O) groups is 1. The minimum atomic E-state index is -0.165. The molecule has 1 saturated heterocycles. The zero-order chi connectivity index (χ0) is 20.4. The van der Waals surface area contributed by atoms with Crippen molar-refractivity contribution in [1.29, 1.82) is 0 Å². The van der Waals surface area contributed by atoms with E-state index in [2.05, 4.69) is 35.3 Å². The number of ether oxygens (including phenoxy) is 2. The second-order valence-corrected chi connectivity index (χ2v) is 7.65. The van der Waals surface area contributed by atoms with E-state index in [1.807, 2.05) is 12.1 Å². The standard InChI is InChI=1S/C22H33N3O3/c1-5-11-28-21-13-19(7-8-20(21)27-4)14-24-22(26)23-9-6-10-25-15-17(2)12-18(3)16-25/h1,7-8,13,17-18H,6,9-12,14-16H2,2-4H3,(H2,23,24,26). The van der Waals surface area contributed by atoms with Gasteiger partial charge in [-0.25, -0.2) is 4.79 Å². The highest BCUT2D eigenvalue weighted by atomic mass is 16.5. The molecule has 6 nitrogen and oxygen atoms in total. The summed E-state index contributed by atoms with van der Waals surface area (Å²) in [5.74, 6) is 5.15. The molecule has 0 saturated carbocycles. The predicted molar refractivity (Wildman–Crippen MR) is 112 cm³/mol. The highest BCUT2D eigenvalue weighted by Crippen LogP contribution is 2.28. The van der Waals surface area contributed by atoms with Crippen molar-refractivity contribution in [3.8, 4) is 23.8 Å². The SMILES string of the molecule is C#CCOc1cc(CNC(=O)NCCCN2CC(C)CC(C)C2)ccc1OC. The molecule has 2 amide bonds. The third kappa shape index (κ3) is 7.32. The Morgan fingerprint density at radius 1 is 1.25 bits per heavy atom. The number of amides is 2. The van der Waals surface area contributed by atoms with Gasteiger partial charge < -0.3 is 25.0 Å². The summed E-state index contributed by atoms with van der Waals surface area (Å²) in [6.45, 7) is 9.24. The number of terminal acetylenes is 1. The molecular formula is C22H33N3O3. The van der Waals surface area contributed by atoms with E-state index in [0.717, 1.165) is 43.5 Å². The Labute approximate surface area is 169 Å². The zero-order valence-corrected chi connectivity index (χ0v) is 17.3. The van der Waals surface area contributed by atoms with Crippen molar-refractivity contribution in [1.82, 2.24) is 15.5 Å². The lowest BCUT2D eigenvalue weighted by Gasteiger charge is -2.34. The lowest BCUT2D eigenvalue weighted by atomic mass is 9.92. The van der Waals surface area contributed by atoms with Crippen LogP contribution in [0.1, 0.15) is 32.3 Å². The van der Waals surface area contributed by atoms with Gasteiger partial charge >= 0.3 is 6.03 Å². The van der Waals surface area contributed by atoms with Crippen LogP contribution in [-0.4, -0.2) is 50.8 Å². The maximum atomic E-state index is 12.0. The Morgan fingerprint density at radius 2 is 2.00 bits per heavy atom. The third-order valence-corrected chi connectivity index (χ3v) is 4.87. The third-order valence-electron chi connectivity index (χ3n) is 4.87. The topological polar surface area (TPSA) is 62.8 Å². The number of nitrogens with one attached hydrogen (secondary N) is 2. The van der Waals surface area contributed by atoms with Crippen LogP contribution >= 0.6 is 0 Å². The van der Waals surface area contributed by atoms with E-state index >= 15 is 0 Å². The molecule has 2 rings (SSSR count). The first-order valence-corrected chi connectivity index (χ1v) is 9.99. The molecule has 1 aliphatic heterocycles. The normalized spacial score (nSPS) is 19.5. The van der Waals surface area contributed by atoms with Crippen molar-refractivity contribution in [2.75, 3.05) is 39.9 Å². The van der Waals surface area contributed by atoms with Crippen molar-refractivity contribution in [2.45, 2.75) is 33.2 Å². The number of piperidine rings is 1. The first-order valence-electron chi connectivity index (χ1n) is 9.99. The molecule has 1 aliphatic rings. The molecule has 28 heavy (non-hydrogen) atoms. The number of hydrogen-bond donors (Lipinski definition) is 2. The van der Waals surface area contributed by atoms with Gasteiger partial charge in [0.2, 0.25) is 0 Å². The van der Waals surface area contributed by atoms with E-state index in [4.69, 9.17) is 15.9 Å². The Balaban J connectivity index is 1.68. The van der Waals surface area contributed by atoms with E-state index in [1.165, 1.54) is 6.42 Å². The van der Waals surface area contributed by atoms with E-state index in [-0.39, 0.29) is 12.6 Å². The van der Waals surface area contributed by atoms with Gasteiger partial charge in [-0.15, -0.1) is 6.42 Å². The smallest absolute Gasteiger partial charge is 0.315 e. The predicted octanol–water partition coefficient (Wildman–Crippen LogP) is 2.87. The van der Waals surface area contributed by atoms with Gasteiger partial charge in [0.05, 0.1) is 7.11 Å². The largest absolute Gasteiger partial charge is 0.493 e. The summed E-state index contributed by atoms with van der Waals surface area (Å²) in [5, 5.41) is 5.80. The molecular weight excluding hydrogens is 354 g/mol. The van der Waals surface area contributed by atoms with E-state index in [0.29, 0.717) is 24.6 Å². The summed E-state index contributed by atoms with van der Waals surface area (Å²) in [6.07, 6.45) is 7.51. The molecule has 0 radical (unpaired) electrons.